The van der Waals surface area contributed by atoms with Crippen molar-refractivity contribution < 1.29 is 19.1 Å². The number of allylic oxidation sites excluding steroid dienone is 1. The molecule has 0 aliphatic carbocycles. The molecule has 1 aliphatic heterocycles. The first kappa shape index (κ1) is 18.6. The molecule has 0 spiro atoms. The SMILES string of the molecule is CN(C)CCN1C(=O)C(O)=C(C(=O)/C=C/c2ccco2)[C@H]1c1ccccn1. The first-order valence-electron chi connectivity index (χ1n) is 8.54. The third-order valence-corrected chi connectivity index (χ3v) is 4.27. The molecule has 0 fully saturated rings. The van der Waals surface area contributed by atoms with Crippen LogP contribution in [0.3, 0.4) is 0 Å². The average molecular weight is 367 g/mol. The molecule has 1 N–H and O–H groups in total. The predicted octanol–water partition coefficient (Wildman–Crippen LogP) is 2.21. The van der Waals surface area contributed by atoms with Crippen LogP contribution in [0.2, 0.25) is 0 Å². The Balaban J connectivity index is 1.95. The number of likely N-dealkylation sites (N-methyl/N-ethyl adjacent to an activating group) is 1. The zero-order chi connectivity index (χ0) is 19.4. The first-order valence-corrected chi connectivity index (χ1v) is 8.54. The van der Waals surface area contributed by atoms with E-state index in [0.717, 1.165) is 0 Å². The Morgan fingerprint density at radius 3 is 2.78 bits per heavy atom. The van der Waals surface area contributed by atoms with Crippen molar-refractivity contribution in [1.29, 1.82) is 0 Å². The van der Waals surface area contributed by atoms with Crippen LogP contribution in [-0.4, -0.2) is 58.8 Å². The van der Waals surface area contributed by atoms with Crippen LogP contribution in [0.15, 0.2) is 64.6 Å². The minimum Gasteiger partial charge on any atom is -0.503 e. The van der Waals surface area contributed by atoms with E-state index in [1.165, 1.54) is 23.3 Å². The molecule has 3 heterocycles. The topological polar surface area (TPSA) is 86.9 Å². The number of hydrogen-bond acceptors (Lipinski definition) is 6. The van der Waals surface area contributed by atoms with Gasteiger partial charge in [0, 0.05) is 19.3 Å². The fraction of sp³-hybridized carbons (Fsp3) is 0.250. The molecule has 0 radical (unpaired) electrons. The fourth-order valence-corrected chi connectivity index (χ4v) is 2.92. The number of carbonyl (C=O) groups excluding carboxylic acids is 2. The van der Waals surface area contributed by atoms with Gasteiger partial charge in [-0.15, -0.1) is 0 Å². The highest BCUT2D eigenvalue weighted by Crippen LogP contribution is 2.36. The summed E-state index contributed by atoms with van der Waals surface area (Å²) in [7, 11) is 3.78. The summed E-state index contributed by atoms with van der Waals surface area (Å²) in [5.74, 6) is -1.05. The van der Waals surface area contributed by atoms with Gasteiger partial charge in [0.15, 0.2) is 11.5 Å². The second-order valence-corrected chi connectivity index (χ2v) is 6.43. The molecule has 0 saturated carbocycles. The van der Waals surface area contributed by atoms with Crippen molar-refractivity contribution in [1.82, 2.24) is 14.8 Å². The van der Waals surface area contributed by atoms with Crippen molar-refractivity contribution in [3.63, 3.8) is 0 Å². The Hall–Kier alpha value is -3.19. The summed E-state index contributed by atoms with van der Waals surface area (Å²) in [5, 5.41) is 10.4. The third kappa shape index (κ3) is 3.98. The van der Waals surface area contributed by atoms with Gasteiger partial charge < -0.3 is 19.3 Å². The lowest BCUT2D eigenvalue weighted by molar-refractivity contribution is -0.129. The Labute approximate surface area is 157 Å². The third-order valence-electron chi connectivity index (χ3n) is 4.27. The number of nitrogens with zero attached hydrogens (tertiary/aromatic N) is 3. The van der Waals surface area contributed by atoms with Crippen LogP contribution in [0.1, 0.15) is 17.5 Å². The van der Waals surface area contributed by atoms with Crippen LogP contribution >= 0.6 is 0 Å². The predicted molar refractivity (Wildman–Crippen MR) is 99.6 cm³/mol. The molecule has 140 valence electrons. The van der Waals surface area contributed by atoms with E-state index in [-0.39, 0.29) is 5.57 Å². The van der Waals surface area contributed by atoms with Crippen LogP contribution in [0.25, 0.3) is 6.08 Å². The maximum atomic E-state index is 12.8. The molecule has 27 heavy (non-hydrogen) atoms. The lowest BCUT2D eigenvalue weighted by atomic mass is 9.99. The Kier molecular flexibility index (Phi) is 5.52. The molecule has 2 aromatic heterocycles. The normalized spacial score (nSPS) is 17.5. The van der Waals surface area contributed by atoms with E-state index in [2.05, 4.69) is 4.98 Å². The highest BCUT2D eigenvalue weighted by molar-refractivity contribution is 6.14. The van der Waals surface area contributed by atoms with E-state index in [4.69, 9.17) is 4.42 Å². The van der Waals surface area contributed by atoms with Crippen molar-refractivity contribution in [3.05, 3.63) is 71.7 Å². The number of aromatic nitrogens is 1. The molecule has 0 aromatic carbocycles. The lowest BCUT2D eigenvalue weighted by Gasteiger charge is -2.27. The van der Waals surface area contributed by atoms with Crippen LogP contribution in [0.4, 0.5) is 0 Å². The van der Waals surface area contributed by atoms with Crippen molar-refractivity contribution in [2.24, 2.45) is 0 Å². The van der Waals surface area contributed by atoms with Gasteiger partial charge in [-0.25, -0.2) is 0 Å². The minimum absolute atomic E-state index is 0.0280. The van der Waals surface area contributed by atoms with Crippen molar-refractivity contribution in [2.45, 2.75) is 6.04 Å². The number of carbonyl (C=O) groups is 2. The molecule has 2 aromatic rings. The van der Waals surface area contributed by atoms with Gasteiger partial charge in [-0.05, 0) is 50.5 Å². The smallest absolute Gasteiger partial charge is 0.290 e. The Bertz CT molecular complexity index is 870. The summed E-state index contributed by atoms with van der Waals surface area (Å²) in [5.41, 5.74) is 0.559. The van der Waals surface area contributed by atoms with Gasteiger partial charge in [0.2, 0.25) is 0 Å². The van der Waals surface area contributed by atoms with E-state index in [1.54, 1.807) is 36.5 Å². The quantitative estimate of drug-likeness (QED) is 0.755. The number of amides is 1. The van der Waals surface area contributed by atoms with Gasteiger partial charge in [-0.2, -0.15) is 0 Å². The minimum atomic E-state index is -0.729. The standard InChI is InChI=1S/C20H21N3O4/c1-22(2)11-12-23-18(15-7-3-4-10-21-15)17(19(25)20(23)26)16(24)9-8-14-6-5-13-27-14/h3-10,13,18,25H,11-12H2,1-2H3/b9-8+/t18-/m1/s1. The summed E-state index contributed by atoms with van der Waals surface area (Å²) in [6.45, 7) is 0.946. The molecular weight excluding hydrogens is 346 g/mol. The number of pyridine rings is 1. The second-order valence-electron chi connectivity index (χ2n) is 6.43. The zero-order valence-corrected chi connectivity index (χ0v) is 15.2. The van der Waals surface area contributed by atoms with Gasteiger partial charge >= 0.3 is 0 Å². The number of aliphatic hydroxyl groups excluding tert-OH is 1. The molecule has 1 amide bonds. The number of aliphatic hydroxyl groups is 1. The average Bonchev–Trinajstić information content (AvgIpc) is 3.26. The lowest BCUT2D eigenvalue weighted by Crippen LogP contribution is -2.36. The maximum absolute atomic E-state index is 12.8. The van der Waals surface area contributed by atoms with Gasteiger partial charge in [0.25, 0.3) is 5.91 Å². The molecule has 0 bridgehead atoms. The van der Waals surface area contributed by atoms with E-state index in [9.17, 15) is 14.7 Å². The second kappa shape index (κ2) is 8.01. The Morgan fingerprint density at radius 2 is 2.15 bits per heavy atom. The number of furan rings is 1. The maximum Gasteiger partial charge on any atom is 0.290 e. The Morgan fingerprint density at radius 1 is 1.33 bits per heavy atom. The highest BCUT2D eigenvalue weighted by atomic mass is 16.3. The molecule has 7 nitrogen and oxygen atoms in total. The van der Waals surface area contributed by atoms with Crippen molar-refractivity contribution in [3.8, 4) is 0 Å². The molecule has 7 heteroatoms. The van der Waals surface area contributed by atoms with E-state index >= 15 is 0 Å². The zero-order valence-electron chi connectivity index (χ0n) is 15.2. The van der Waals surface area contributed by atoms with Gasteiger partial charge in [0.1, 0.15) is 11.8 Å². The molecule has 0 saturated heterocycles. The highest BCUT2D eigenvalue weighted by Gasteiger charge is 2.43. The van der Waals surface area contributed by atoms with E-state index in [1.807, 2.05) is 19.0 Å². The first-order chi connectivity index (χ1) is 13.0. The molecule has 0 unspecified atom stereocenters. The summed E-state index contributed by atoms with van der Waals surface area (Å²) in [4.78, 5) is 33.1. The van der Waals surface area contributed by atoms with Gasteiger partial charge in [-0.1, -0.05) is 6.07 Å². The summed E-state index contributed by atoms with van der Waals surface area (Å²) in [6.07, 6.45) is 5.90. The van der Waals surface area contributed by atoms with Crippen molar-refractivity contribution in [2.75, 3.05) is 27.2 Å². The van der Waals surface area contributed by atoms with Crippen molar-refractivity contribution >= 4 is 17.8 Å². The van der Waals surface area contributed by atoms with Crippen LogP contribution in [-0.2, 0) is 9.59 Å². The summed E-state index contributed by atoms with van der Waals surface area (Å²) < 4.78 is 5.18. The van der Waals surface area contributed by atoms with Gasteiger partial charge in [-0.3, -0.25) is 14.6 Å². The van der Waals surface area contributed by atoms with Crippen LogP contribution in [0, 0.1) is 0 Å². The summed E-state index contributed by atoms with van der Waals surface area (Å²) in [6, 6.07) is 7.96. The van der Waals surface area contributed by atoms with Gasteiger partial charge in [0.05, 0.1) is 17.5 Å². The van der Waals surface area contributed by atoms with Crippen LogP contribution < -0.4 is 0 Å². The summed E-state index contributed by atoms with van der Waals surface area (Å²) >= 11 is 0. The fourth-order valence-electron chi connectivity index (χ4n) is 2.92. The largest absolute Gasteiger partial charge is 0.503 e. The molecule has 1 aliphatic rings. The van der Waals surface area contributed by atoms with Crippen LogP contribution in [0.5, 0.6) is 0 Å². The molecular formula is C20H21N3O4. The number of hydrogen-bond donors (Lipinski definition) is 1. The number of rotatable bonds is 7. The van der Waals surface area contributed by atoms with E-state index < -0.39 is 23.5 Å². The molecule has 1 atom stereocenters. The monoisotopic (exact) mass is 367 g/mol. The van der Waals surface area contributed by atoms with E-state index in [0.29, 0.717) is 24.5 Å². The molecule has 3 rings (SSSR count). The number of ketones is 1.